The molecule has 0 amide bonds. The molecule has 23 heteroatoms. The lowest BCUT2D eigenvalue weighted by Crippen LogP contribution is -2.00. The molecular weight excluding hydrogens is 1230 g/mol. The molecule has 7 aromatic carbocycles. The van der Waals surface area contributed by atoms with E-state index in [1.54, 1.807) is 164 Å². The Balaban J connectivity index is 0.000000121. The smallest absolute Gasteiger partial charge is 0.354 e. The fourth-order valence-corrected chi connectivity index (χ4v) is 10.2. The average Bonchev–Trinajstić information content (AvgIpc) is 2.57. The molecular formula is C72H47F5N8O10. The molecule has 0 atom stereocenters. The quantitative estimate of drug-likeness (QED) is 0.0800. The maximum Gasteiger partial charge on any atom is 0.354 e. The summed E-state index contributed by atoms with van der Waals surface area (Å²) in [6, 6.07) is 56.0. The third-order valence-corrected chi connectivity index (χ3v) is 14.7. The first-order valence-electron chi connectivity index (χ1n) is 28.4. The highest BCUT2D eigenvalue weighted by molar-refractivity contribution is 6.05. The van der Waals surface area contributed by atoms with E-state index in [4.69, 9.17) is 15.3 Å². The van der Waals surface area contributed by atoms with E-state index >= 15 is 0 Å². The fraction of sp³-hybridized carbons (Fsp3) is 0. The summed E-state index contributed by atoms with van der Waals surface area (Å²) in [6.07, 6.45) is 11.0. The first kappa shape index (κ1) is 63.3. The number of aromatic nitrogens is 8. The van der Waals surface area contributed by atoms with Gasteiger partial charge in [-0.15, -0.1) is 0 Å². The summed E-state index contributed by atoms with van der Waals surface area (Å²) in [7, 11) is 0. The minimum Gasteiger partial charge on any atom is -0.478 e. The lowest BCUT2D eigenvalue weighted by Gasteiger charge is -2.05. The molecule has 95 heavy (non-hydrogen) atoms. The van der Waals surface area contributed by atoms with Gasteiger partial charge in [-0.1, -0.05) is 42.5 Å². The predicted molar refractivity (Wildman–Crippen MR) is 344 cm³/mol. The first-order valence-corrected chi connectivity index (χ1v) is 28.4. The number of pyridine rings is 3. The van der Waals surface area contributed by atoms with Gasteiger partial charge >= 0.3 is 29.8 Å². The SMILES string of the molecule is O=C(O)c1ccc2c(ccn2-c2ccc(F)cc2)n1.O=C(O)c1cn(-c2ccc(F)cc2)c2ccccc12.O=C(O)c1cn(-c2cccc(F)c2)c2ccccc12.O=C(O)c1cnc2c(ccn2-c2ccc(F)cc2)c1.O=C(O)c1cnc2ccn(-c3ccc(F)cc3)c2c1. The van der Waals surface area contributed by atoms with Crippen LogP contribution in [-0.4, -0.2) is 93.2 Å². The van der Waals surface area contributed by atoms with Crippen molar-refractivity contribution in [1.29, 1.82) is 0 Å². The molecule has 0 fully saturated rings. The zero-order chi connectivity index (χ0) is 67.0. The molecule has 15 aromatic rings. The Morgan fingerprint density at radius 2 is 0.768 bits per heavy atom. The van der Waals surface area contributed by atoms with Crippen molar-refractivity contribution in [3.8, 4) is 28.4 Å². The van der Waals surface area contributed by atoms with Crippen LogP contribution in [0.1, 0.15) is 51.9 Å². The summed E-state index contributed by atoms with van der Waals surface area (Å²) in [6.45, 7) is 0. The number of carboxylic acids is 5. The Morgan fingerprint density at radius 1 is 0.326 bits per heavy atom. The van der Waals surface area contributed by atoms with Crippen molar-refractivity contribution in [2.45, 2.75) is 0 Å². The van der Waals surface area contributed by atoms with Crippen LogP contribution >= 0.6 is 0 Å². The van der Waals surface area contributed by atoms with E-state index in [2.05, 4.69) is 15.0 Å². The lowest BCUT2D eigenvalue weighted by molar-refractivity contribution is 0.0681. The number of hydrogen-bond donors (Lipinski definition) is 5. The summed E-state index contributed by atoms with van der Waals surface area (Å²) in [5, 5.41) is 47.2. The number of aromatic carboxylic acids is 5. The number of benzene rings is 7. The van der Waals surface area contributed by atoms with Crippen LogP contribution in [-0.2, 0) is 0 Å². The van der Waals surface area contributed by atoms with Crippen LogP contribution in [0.5, 0.6) is 0 Å². The van der Waals surface area contributed by atoms with Gasteiger partial charge in [-0.05, 0) is 170 Å². The maximum absolute atomic E-state index is 13.3. The minimum absolute atomic E-state index is 0.00403. The summed E-state index contributed by atoms with van der Waals surface area (Å²) in [4.78, 5) is 67.4. The number of nitrogens with zero attached hydrogens (tertiary/aromatic N) is 8. The maximum atomic E-state index is 13.3. The number of halogens is 5. The Hall–Kier alpha value is -13.3. The lowest BCUT2D eigenvalue weighted by atomic mass is 10.2. The van der Waals surface area contributed by atoms with Gasteiger partial charge in [0, 0.05) is 88.0 Å². The van der Waals surface area contributed by atoms with Crippen molar-refractivity contribution in [2.24, 2.45) is 0 Å². The summed E-state index contributed by atoms with van der Waals surface area (Å²) < 4.78 is 73.7. The number of hydrogen-bond acceptors (Lipinski definition) is 8. The molecule has 0 saturated carbocycles. The number of rotatable bonds is 10. The molecule has 0 unspecified atom stereocenters. The topological polar surface area (TPSA) is 250 Å². The highest BCUT2D eigenvalue weighted by Gasteiger charge is 2.18. The highest BCUT2D eigenvalue weighted by atomic mass is 19.1. The average molecular weight is 1280 g/mol. The molecule has 0 spiro atoms. The van der Waals surface area contributed by atoms with E-state index in [0.717, 1.165) is 44.7 Å². The van der Waals surface area contributed by atoms with Gasteiger partial charge in [0.2, 0.25) is 0 Å². The molecule has 0 saturated heterocycles. The predicted octanol–water partition coefficient (Wildman–Crippen LogP) is 15.5. The number of para-hydroxylation sites is 2. The van der Waals surface area contributed by atoms with Crippen LogP contribution < -0.4 is 0 Å². The third kappa shape index (κ3) is 14.0. The van der Waals surface area contributed by atoms with Crippen molar-refractivity contribution in [2.75, 3.05) is 0 Å². The molecule has 8 aromatic heterocycles. The Kier molecular flexibility index (Phi) is 18.3. The van der Waals surface area contributed by atoms with Crippen LogP contribution in [0, 0.1) is 29.1 Å². The van der Waals surface area contributed by atoms with Crippen molar-refractivity contribution in [1.82, 2.24) is 37.8 Å². The van der Waals surface area contributed by atoms with Crippen molar-refractivity contribution >= 4 is 84.8 Å². The molecule has 5 N–H and O–H groups in total. The summed E-state index contributed by atoms with van der Waals surface area (Å²) in [5.41, 5.74) is 9.24. The highest BCUT2D eigenvalue weighted by Crippen LogP contribution is 2.28. The summed E-state index contributed by atoms with van der Waals surface area (Å²) >= 11 is 0. The van der Waals surface area contributed by atoms with Crippen molar-refractivity contribution in [3.05, 3.63) is 313 Å². The van der Waals surface area contributed by atoms with Gasteiger partial charge in [0.25, 0.3) is 0 Å². The number of carboxylic acid groups (broad SMARTS) is 5. The van der Waals surface area contributed by atoms with E-state index in [1.165, 1.54) is 85.3 Å². The summed E-state index contributed by atoms with van der Waals surface area (Å²) in [5.74, 6) is -6.66. The number of fused-ring (bicyclic) bond motifs is 5. The van der Waals surface area contributed by atoms with E-state index in [9.17, 15) is 56.1 Å². The van der Waals surface area contributed by atoms with Gasteiger partial charge in [0.1, 0.15) is 40.4 Å². The molecule has 0 aliphatic rings. The van der Waals surface area contributed by atoms with Crippen LogP contribution in [0.25, 0.3) is 83.3 Å². The zero-order valence-electron chi connectivity index (χ0n) is 49.0. The Labute approximate surface area is 533 Å². The largest absolute Gasteiger partial charge is 0.478 e. The van der Waals surface area contributed by atoms with Crippen LogP contribution in [0.2, 0.25) is 0 Å². The third-order valence-electron chi connectivity index (χ3n) is 14.7. The normalized spacial score (nSPS) is 10.8. The van der Waals surface area contributed by atoms with Crippen molar-refractivity contribution in [3.63, 3.8) is 0 Å². The van der Waals surface area contributed by atoms with E-state index in [-0.39, 0.29) is 57.0 Å². The zero-order valence-corrected chi connectivity index (χ0v) is 49.0. The van der Waals surface area contributed by atoms with Crippen LogP contribution in [0.4, 0.5) is 22.0 Å². The van der Waals surface area contributed by atoms with Crippen LogP contribution in [0.3, 0.4) is 0 Å². The second kappa shape index (κ2) is 27.4. The van der Waals surface area contributed by atoms with Crippen molar-refractivity contribution < 1.29 is 71.5 Å². The standard InChI is InChI=1S/2C15H10FNO2.3C14H9FN2O2/c16-10-4-3-5-11(8-10)17-9-13(15(18)19)12-6-1-2-7-14(12)17;16-10-5-7-11(8-6-10)17-9-13(15(18)19)12-3-1-2-4-14(12)17;15-10-1-3-11(4-2-10)17-6-5-12-13(17)7-9(8-16-12)14(18)19;15-11-1-3-12(4-2-11)17-6-5-9-7-10(14(18)19)8-16-13(9)17;15-9-1-3-10(4-2-9)17-8-7-11-13(17)6-5-12(16-11)14(18)19/h2*1-9H,(H,18,19);3*1-8H,(H,18,19). The number of carbonyl (C=O) groups is 5. The van der Waals surface area contributed by atoms with E-state index in [1.807, 2.05) is 28.8 Å². The molecule has 0 bridgehead atoms. The molecule has 15 rings (SSSR count). The molecule has 0 radical (unpaired) electrons. The van der Waals surface area contributed by atoms with E-state index < -0.39 is 29.8 Å². The van der Waals surface area contributed by atoms with Gasteiger partial charge in [-0.25, -0.2) is 55.9 Å². The van der Waals surface area contributed by atoms with Gasteiger partial charge in [0.05, 0.1) is 55.4 Å². The molecule has 18 nitrogen and oxygen atoms in total. The molecule has 0 aliphatic heterocycles. The van der Waals surface area contributed by atoms with Gasteiger partial charge in [-0.3, -0.25) is 4.98 Å². The van der Waals surface area contributed by atoms with Gasteiger partial charge in [-0.2, -0.15) is 0 Å². The first-order chi connectivity index (χ1) is 45.8. The second-order valence-corrected chi connectivity index (χ2v) is 20.7. The molecule has 0 aliphatic carbocycles. The van der Waals surface area contributed by atoms with Gasteiger partial charge < -0.3 is 48.4 Å². The second-order valence-electron chi connectivity index (χ2n) is 20.7. The van der Waals surface area contributed by atoms with Gasteiger partial charge in [0.15, 0.2) is 0 Å². The Bertz CT molecular complexity index is 5240. The molecule has 470 valence electrons. The molecule has 8 heterocycles. The monoisotopic (exact) mass is 1280 g/mol. The van der Waals surface area contributed by atoms with Crippen LogP contribution in [0.15, 0.2) is 256 Å². The Morgan fingerprint density at radius 3 is 1.26 bits per heavy atom. The fourth-order valence-electron chi connectivity index (χ4n) is 10.2. The van der Waals surface area contributed by atoms with E-state index in [0.29, 0.717) is 38.7 Å². The minimum atomic E-state index is -1.06.